The molecule has 0 aromatic carbocycles. The largest absolute Gasteiger partial charge is 0.464 e. The lowest BCUT2D eigenvalue weighted by Crippen LogP contribution is -2.10. The topological polar surface area (TPSA) is 73.6 Å². The summed E-state index contributed by atoms with van der Waals surface area (Å²) in [5, 5.41) is 13.4. The third-order valence-electron chi connectivity index (χ3n) is 1.97. The highest BCUT2D eigenvalue weighted by Crippen LogP contribution is 2.14. The van der Waals surface area contributed by atoms with Crippen LogP contribution in [0.1, 0.15) is 29.4 Å². The lowest BCUT2D eigenvalue weighted by Gasteiger charge is -2.03. The normalized spacial score (nSPS) is 12.5. The molecular weight excluding hydrogens is 200 g/mol. The van der Waals surface area contributed by atoms with Gasteiger partial charge in [0.25, 0.3) is 0 Å². The van der Waals surface area contributed by atoms with Crippen LogP contribution in [0, 0.1) is 0 Å². The van der Waals surface area contributed by atoms with Crippen LogP contribution >= 0.6 is 0 Å². The van der Waals surface area contributed by atoms with Crippen LogP contribution < -0.4 is 0 Å². The van der Waals surface area contributed by atoms with Crippen molar-refractivity contribution in [3.63, 3.8) is 0 Å². The zero-order chi connectivity index (χ0) is 11.4. The van der Waals surface area contributed by atoms with Crippen molar-refractivity contribution in [3.8, 4) is 0 Å². The van der Waals surface area contributed by atoms with E-state index in [0.29, 0.717) is 17.9 Å². The van der Waals surface area contributed by atoms with Gasteiger partial charge < -0.3 is 14.6 Å². The summed E-state index contributed by atoms with van der Waals surface area (Å²) in [5.41, 5.74) is 0.589. The van der Waals surface area contributed by atoms with E-state index in [1.165, 1.54) is 25.0 Å². The molecule has 1 rings (SSSR count). The quantitative estimate of drug-likeness (QED) is 0.577. The summed E-state index contributed by atoms with van der Waals surface area (Å²) >= 11 is 0. The summed E-state index contributed by atoms with van der Waals surface area (Å²) in [6.45, 7) is 2.35. The molecule has 15 heavy (non-hydrogen) atoms. The molecule has 0 saturated carbocycles. The molecule has 0 spiro atoms. The number of esters is 1. The summed E-state index contributed by atoms with van der Waals surface area (Å²) in [4.78, 5) is 11.3. The first-order valence-electron chi connectivity index (χ1n) is 4.51. The Morgan fingerprint density at radius 2 is 2.33 bits per heavy atom. The molecule has 1 atom stereocenters. The van der Waals surface area contributed by atoms with Crippen LogP contribution in [0.5, 0.6) is 0 Å². The van der Waals surface area contributed by atoms with Crippen LogP contribution in [0.3, 0.4) is 0 Å². The second-order valence-corrected chi connectivity index (χ2v) is 2.85. The summed E-state index contributed by atoms with van der Waals surface area (Å²) in [5.74, 6) is -0.487. The van der Waals surface area contributed by atoms with E-state index >= 15 is 0 Å². The van der Waals surface area contributed by atoms with Crippen molar-refractivity contribution < 1.29 is 19.4 Å². The summed E-state index contributed by atoms with van der Waals surface area (Å²) in [6, 6.07) is 1.45. The molecule has 0 aliphatic carbocycles. The molecule has 6 heteroatoms. The average Bonchev–Trinajstić information content (AvgIpc) is 2.70. The number of nitrogens with zero attached hydrogens (tertiary/aromatic N) is 2. The second kappa shape index (κ2) is 4.90. The molecule has 0 aliphatic heterocycles. The highest BCUT2D eigenvalue weighted by molar-refractivity contribution is 5.87. The van der Waals surface area contributed by atoms with Gasteiger partial charge in [-0.15, -0.1) is 0 Å². The van der Waals surface area contributed by atoms with Crippen molar-refractivity contribution >= 4 is 5.97 Å². The minimum Gasteiger partial charge on any atom is -0.464 e. The van der Waals surface area contributed by atoms with E-state index in [2.05, 4.69) is 9.84 Å². The molecule has 1 N–H and O–H groups in total. The zero-order valence-corrected chi connectivity index (χ0v) is 8.93. The van der Waals surface area contributed by atoms with Crippen LogP contribution in [0.2, 0.25) is 0 Å². The fraction of sp³-hybridized carbons (Fsp3) is 0.556. The first-order chi connectivity index (χ1) is 7.13. The van der Waals surface area contributed by atoms with E-state index in [1.54, 1.807) is 0 Å². The van der Waals surface area contributed by atoms with E-state index in [4.69, 9.17) is 4.74 Å². The number of carbonyl (C=O) groups excluding carboxylic acids is 1. The number of aromatic nitrogens is 2. The Morgan fingerprint density at radius 1 is 1.67 bits per heavy atom. The minimum absolute atomic E-state index is 0.291. The Balaban J connectivity index is 3.05. The van der Waals surface area contributed by atoms with Crippen molar-refractivity contribution in [2.75, 3.05) is 14.2 Å². The number of hydrogen-bond donors (Lipinski definition) is 1. The standard InChI is InChI=1S/C9H14N2O4/c1-4-11-7(9(13)15-3)5-6(10-11)8(12)14-2/h5,8,12H,4H2,1-3H3. The molecule has 6 nitrogen and oxygen atoms in total. The molecule has 0 amide bonds. The fourth-order valence-corrected chi connectivity index (χ4v) is 1.19. The minimum atomic E-state index is -1.12. The molecule has 0 bridgehead atoms. The van der Waals surface area contributed by atoms with Crippen molar-refractivity contribution in [3.05, 3.63) is 17.5 Å². The van der Waals surface area contributed by atoms with Gasteiger partial charge in [-0.2, -0.15) is 5.10 Å². The van der Waals surface area contributed by atoms with Gasteiger partial charge in [0.15, 0.2) is 6.29 Å². The Labute approximate surface area is 87.4 Å². The molecule has 0 radical (unpaired) electrons. The number of aryl methyl sites for hydroxylation is 1. The fourth-order valence-electron chi connectivity index (χ4n) is 1.19. The first kappa shape index (κ1) is 11.7. The molecule has 1 heterocycles. The van der Waals surface area contributed by atoms with Crippen molar-refractivity contribution in [1.29, 1.82) is 0 Å². The maximum absolute atomic E-state index is 11.3. The SMILES string of the molecule is CCn1nc(C(O)OC)cc1C(=O)OC. The number of hydrogen-bond acceptors (Lipinski definition) is 5. The highest BCUT2D eigenvalue weighted by Gasteiger charge is 2.18. The molecule has 0 aliphatic rings. The van der Waals surface area contributed by atoms with Gasteiger partial charge in [0.2, 0.25) is 0 Å². The van der Waals surface area contributed by atoms with Gasteiger partial charge in [-0.1, -0.05) is 0 Å². The molecular formula is C9H14N2O4. The number of aliphatic hydroxyl groups is 1. The van der Waals surface area contributed by atoms with Gasteiger partial charge in [-0.25, -0.2) is 4.79 Å². The van der Waals surface area contributed by atoms with E-state index in [0.717, 1.165) is 0 Å². The lowest BCUT2D eigenvalue weighted by atomic mass is 10.3. The number of methoxy groups -OCH3 is 2. The lowest BCUT2D eigenvalue weighted by molar-refractivity contribution is -0.0801. The maximum atomic E-state index is 11.3. The van der Waals surface area contributed by atoms with Gasteiger partial charge in [0.05, 0.1) is 7.11 Å². The molecule has 1 aromatic heterocycles. The number of rotatable bonds is 4. The van der Waals surface area contributed by atoms with Crippen molar-refractivity contribution in [2.45, 2.75) is 19.8 Å². The van der Waals surface area contributed by atoms with Crippen LogP contribution in [-0.4, -0.2) is 35.1 Å². The first-order valence-corrected chi connectivity index (χ1v) is 4.51. The van der Waals surface area contributed by atoms with Gasteiger partial charge in [-0.3, -0.25) is 4.68 Å². The predicted molar refractivity (Wildman–Crippen MR) is 51.2 cm³/mol. The third kappa shape index (κ3) is 2.34. The molecule has 1 aromatic rings. The van der Waals surface area contributed by atoms with Gasteiger partial charge >= 0.3 is 5.97 Å². The molecule has 1 unspecified atom stereocenters. The predicted octanol–water partition coefficient (Wildman–Crippen LogP) is 0.327. The molecule has 0 fully saturated rings. The molecule has 0 saturated heterocycles. The smallest absolute Gasteiger partial charge is 0.356 e. The zero-order valence-electron chi connectivity index (χ0n) is 8.93. The Bertz CT molecular complexity index is 348. The Morgan fingerprint density at radius 3 is 2.80 bits per heavy atom. The van der Waals surface area contributed by atoms with Gasteiger partial charge in [0, 0.05) is 13.7 Å². The van der Waals surface area contributed by atoms with Gasteiger partial charge in [-0.05, 0) is 13.0 Å². The Kier molecular flexibility index (Phi) is 3.81. The van der Waals surface area contributed by atoms with Crippen LogP contribution in [0.4, 0.5) is 0 Å². The van der Waals surface area contributed by atoms with E-state index in [1.807, 2.05) is 6.92 Å². The van der Waals surface area contributed by atoms with E-state index < -0.39 is 12.3 Å². The van der Waals surface area contributed by atoms with Crippen LogP contribution in [0.25, 0.3) is 0 Å². The highest BCUT2D eigenvalue weighted by atomic mass is 16.6. The monoisotopic (exact) mass is 214 g/mol. The second-order valence-electron chi connectivity index (χ2n) is 2.85. The van der Waals surface area contributed by atoms with Crippen LogP contribution in [0.15, 0.2) is 6.07 Å². The Hall–Kier alpha value is -1.40. The summed E-state index contributed by atoms with van der Waals surface area (Å²) in [7, 11) is 2.65. The average molecular weight is 214 g/mol. The van der Waals surface area contributed by atoms with Crippen molar-refractivity contribution in [2.24, 2.45) is 0 Å². The maximum Gasteiger partial charge on any atom is 0.356 e. The van der Waals surface area contributed by atoms with E-state index in [9.17, 15) is 9.90 Å². The number of aliphatic hydroxyl groups excluding tert-OH is 1. The van der Waals surface area contributed by atoms with E-state index in [-0.39, 0.29) is 0 Å². The summed E-state index contributed by atoms with van der Waals surface area (Å²) < 4.78 is 10.7. The molecule has 84 valence electrons. The number of carbonyl (C=O) groups is 1. The van der Waals surface area contributed by atoms with Crippen LogP contribution in [-0.2, 0) is 16.0 Å². The third-order valence-corrected chi connectivity index (χ3v) is 1.97. The number of ether oxygens (including phenoxy) is 2. The van der Waals surface area contributed by atoms with Crippen molar-refractivity contribution in [1.82, 2.24) is 9.78 Å². The summed E-state index contributed by atoms with van der Waals surface area (Å²) in [6.07, 6.45) is -1.12. The van der Waals surface area contributed by atoms with Gasteiger partial charge in [0.1, 0.15) is 11.4 Å².